The molecular formula is C14H23N5O5S. The summed E-state index contributed by atoms with van der Waals surface area (Å²) in [5.41, 5.74) is 17.5. The van der Waals surface area contributed by atoms with Gasteiger partial charge in [0.2, 0.25) is 0 Å². The smallest absolute Gasteiger partial charge is 0.334 e. The first-order chi connectivity index (χ1) is 11.8. The monoisotopic (exact) mass is 373 g/mol. The van der Waals surface area contributed by atoms with E-state index in [0.29, 0.717) is 17.9 Å². The molecular weight excluding hydrogens is 350 g/mol. The van der Waals surface area contributed by atoms with Gasteiger partial charge in [-0.3, -0.25) is 4.79 Å². The van der Waals surface area contributed by atoms with Gasteiger partial charge in [0.1, 0.15) is 24.7 Å². The second kappa shape index (κ2) is 10.8. The highest BCUT2D eigenvalue weighted by Gasteiger charge is 2.25. The predicted octanol–water partition coefficient (Wildman–Crippen LogP) is -1.70. The minimum Gasteiger partial charge on any atom is -0.462 e. The molecule has 0 saturated carbocycles. The Hall–Kier alpha value is -1.95. The summed E-state index contributed by atoms with van der Waals surface area (Å²) >= 11 is 1.51. The van der Waals surface area contributed by atoms with Gasteiger partial charge >= 0.3 is 17.9 Å². The number of aromatic nitrogens is 2. The molecule has 7 N–H and O–H groups in total. The van der Waals surface area contributed by atoms with E-state index in [4.69, 9.17) is 21.9 Å². The summed E-state index contributed by atoms with van der Waals surface area (Å²) in [6.07, 6.45) is 5.42. The summed E-state index contributed by atoms with van der Waals surface area (Å²) in [6.45, 7) is -0.457. The van der Waals surface area contributed by atoms with Crippen molar-refractivity contribution in [3.05, 3.63) is 18.2 Å². The number of hydrogen-bond acceptors (Lipinski definition) is 10. The van der Waals surface area contributed by atoms with E-state index < -0.39 is 42.6 Å². The highest BCUT2D eigenvalue weighted by molar-refractivity contribution is 7.98. The second-order valence-corrected chi connectivity index (χ2v) is 6.24. The maximum atomic E-state index is 11.8. The van der Waals surface area contributed by atoms with Crippen molar-refractivity contribution in [1.29, 1.82) is 0 Å². The molecule has 11 heteroatoms. The third-order valence-electron chi connectivity index (χ3n) is 3.14. The van der Waals surface area contributed by atoms with Crippen LogP contribution in [-0.2, 0) is 30.3 Å². The summed E-state index contributed by atoms with van der Waals surface area (Å²) in [4.78, 5) is 41.7. The first-order valence-corrected chi connectivity index (χ1v) is 8.89. The van der Waals surface area contributed by atoms with Gasteiger partial charge in [-0.25, -0.2) is 14.6 Å². The van der Waals surface area contributed by atoms with E-state index in [9.17, 15) is 14.4 Å². The number of aromatic amines is 1. The van der Waals surface area contributed by atoms with E-state index in [1.807, 2.05) is 6.26 Å². The average Bonchev–Trinajstić information content (AvgIpc) is 3.09. The topological polar surface area (TPSA) is 176 Å². The molecule has 0 aromatic carbocycles. The van der Waals surface area contributed by atoms with E-state index in [-0.39, 0.29) is 6.42 Å². The van der Waals surface area contributed by atoms with Crippen molar-refractivity contribution in [2.45, 2.75) is 31.0 Å². The van der Waals surface area contributed by atoms with Crippen LogP contribution >= 0.6 is 11.8 Å². The van der Waals surface area contributed by atoms with Crippen molar-refractivity contribution in [2.75, 3.05) is 18.6 Å². The van der Waals surface area contributed by atoms with Crippen molar-refractivity contribution in [1.82, 2.24) is 9.97 Å². The molecule has 0 spiro atoms. The van der Waals surface area contributed by atoms with Gasteiger partial charge in [-0.2, -0.15) is 11.8 Å². The molecule has 1 rings (SSSR count). The Kier molecular flexibility index (Phi) is 9.13. The van der Waals surface area contributed by atoms with Gasteiger partial charge in [0.25, 0.3) is 0 Å². The lowest BCUT2D eigenvalue weighted by Crippen LogP contribution is -2.43. The molecule has 10 nitrogen and oxygen atoms in total. The van der Waals surface area contributed by atoms with Crippen LogP contribution in [0.25, 0.3) is 0 Å². The number of hydrogen-bond donors (Lipinski definition) is 4. The summed E-state index contributed by atoms with van der Waals surface area (Å²) in [5, 5.41) is 0. The van der Waals surface area contributed by atoms with Gasteiger partial charge in [-0.1, -0.05) is 0 Å². The maximum Gasteiger partial charge on any atom is 0.334 e. The molecule has 0 aliphatic carbocycles. The number of esters is 3. The highest BCUT2D eigenvalue weighted by atomic mass is 32.2. The molecule has 0 saturated heterocycles. The number of carbonyl (C=O) groups is 3. The van der Waals surface area contributed by atoms with Gasteiger partial charge in [-0.05, 0) is 18.4 Å². The third-order valence-corrected chi connectivity index (χ3v) is 3.79. The zero-order valence-electron chi connectivity index (χ0n) is 13.8. The van der Waals surface area contributed by atoms with E-state index in [2.05, 4.69) is 14.7 Å². The van der Waals surface area contributed by atoms with Gasteiger partial charge in [0, 0.05) is 18.3 Å². The molecule has 3 atom stereocenters. The van der Waals surface area contributed by atoms with E-state index in [1.165, 1.54) is 24.3 Å². The number of nitrogens with one attached hydrogen (secondary N) is 1. The van der Waals surface area contributed by atoms with Gasteiger partial charge in [-0.15, -0.1) is 0 Å². The van der Waals surface area contributed by atoms with Crippen LogP contribution in [0.5, 0.6) is 0 Å². The highest BCUT2D eigenvalue weighted by Crippen LogP contribution is 2.02. The molecule has 0 radical (unpaired) electrons. The van der Waals surface area contributed by atoms with Crippen LogP contribution < -0.4 is 17.2 Å². The first kappa shape index (κ1) is 21.1. The van der Waals surface area contributed by atoms with Crippen LogP contribution in [0.4, 0.5) is 0 Å². The zero-order chi connectivity index (χ0) is 18.8. The maximum absolute atomic E-state index is 11.8. The Balaban J connectivity index is 2.34. The van der Waals surface area contributed by atoms with E-state index >= 15 is 0 Å². The standard InChI is InChI=1S/C14H23N5O5S/c1-25-3-2-9(15)13(21)24-14(22)11(17)6-23-12(20)10(16)4-8-5-18-7-19-8/h5,7,9-11H,2-4,6,15-17H2,1H3,(H,18,19)/t9-,10-,11-/m0/s1. The third kappa shape index (κ3) is 7.65. The molecule has 1 aromatic heterocycles. The fourth-order valence-electron chi connectivity index (χ4n) is 1.68. The molecule has 0 fully saturated rings. The number of rotatable bonds is 10. The van der Waals surface area contributed by atoms with Gasteiger partial charge in [0.15, 0.2) is 0 Å². The molecule has 0 aliphatic heterocycles. The normalized spacial score (nSPS) is 14.4. The van der Waals surface area contributed by atoms with Crippen LogP contribution in [0.3, 0.4) is 0 Å². The van der Waals surface area contributed by atoms with Crippen LogP contribution in [-0.4, -0.2) is 64.6 Å². The lowest BCUT2D eigenvalue weighted by molar-refractivity contribution is -0.163. The second-order valence-electron chi connectivity index (χ2n) is 5.25. The SMILES string of the molecule is CSCC[C@H](N)C(=O)OC(=O)[C@@H](N)COC(=O)[C@@H](N)Cc1cnc[nH]1. The molecule has 0 unspecified atom stereocenters. The molecule has 1 aromatic rings. The zero-order valence-corrected chi connectivity index (χ0v) is 14.7. The largest absolute Gasteiger partial charge is 0.462 e. The predicted molar refractivity (Wildman–Crippen MR) is 91.3 cm³/mol. The number of thioether (sulfide) groups is 1. The number of ether oxygens (including phenoxy) is 2. The molecule has 0 aliphatic rings. The Morgan fingerprint density at radius 3 is 2.44 bits per heavy atom. The van der Waals surface area contributed by atoms with Crippen molar-refractivity contribution < 1.29 is 23.9 Å². The Labute approximate surface area is 149 Å². The lowest BCUT2D eigenvalue weighted by Gasteiger charge is -2.15. The fourth-order valence-corrected chi connectivity index (χ4v) is 2.17. The number of nitrogens with two attached hydrogens (primary N) is 3. The number of nitrogens with zero attached hydrogens (tertiary/aromatic N) is 1. The minimum atomic E-state index is -1.31. The van der Waals surface area contributed by atoms with Crippen LogP contribution in [0, 0.1) is 0 Å². The Bertz CT molecular complexity index is 568. The first-order valence-electron chi connectivity index (χ1n) is 7.50. The Morgan fingerprint density at radius 2 is 1.84 bits per heavy atom. The molecule has 25 heavy (non-hydrogen) atoms. The van der Waals surface area contributed by atoms with Crippen molar-refractivity contribution in [3.8, 4) is 0 Å². The van der Waals surface area contributed by atoms with Crippen LogP contribution in [0.15, 0.2) is 12.5 Å². The number of carbonyl (C=O) groups excluding carboxylic acids is 3. The van der Waals surface area contributed by atoms with Gasteiger partial charge in [0.05, 0.1) is 6.33 Å². The molecule has 0 bridgehead atoms. The van der Waals surface area contributed by atoms with Crippen LogP contribution in [0.1, 0.15) is 12.1 Å². The average molecular weight is 373 g/mol. The van der Waals surface area contributed by atoms with Crippen molar-refractivity contribution >= 4 is 29.7 Å². The van der Waals surface area contributed by atoms with Crippen LogP contribution in [0.2, 0.25) is 0 Å². The molecule has 0 amide bonds. The van der Waals surface area contributed by atoms with Crippen molar-refractivity contribution in [2.24, 2.45) is 17.2 Å². The summed E-state index contributed by atoms with van der Waals surface area (Å²) in [5.74, 6) is -1.96. The molecule has 140 valence electrons. The fraction of sp³-hybridized carbons (Fsp3) is 0.571. The van der Waals surface area contributed by atoms with Crippen molar-refractivity contribution in [3.63, 3.8) is 0 Å². The van der Waals surface area contributed by atoms with Gasteiger partial charge < -0.3 is 31.7 Å². The summed E-state index contributed by atoms with van der Waals surface area (Å²) in [6, 6.07) is -3.15. The molecule has 1 heterocycles. The minimum absolute atomic E-state index is 0.196. The summed E-state index contributed by atoms with van der Waals surface area (Å²) in [7, 11) is 0. The van der Waals surface area contributed by atoms with E-state index in [1.54, 1.807) is 0 Å². The number of imidazole rings is 1. The lowest BCUT2D eigenvalue weighted by atomic mass is 10.2. The number of H-pyrrole nitrogens is 1. The Morgan fingerprint density at radius 1 is 1.16 bits per heavy atom. The summed E-state index contributed by atoms with van der Waals surface area (Å²) < 4.78 is 9.45. The van der Waals surface area contributed by atoms with E-state index in [0.717, 1.165) is 0 Å². The quantitative estimate of drug-likeness (QED) is 0.273.